The van der Waals surface area contributed by atoms with Crippen LogP contribution in [-0.2, 0) is 32.7 Å². The third kappa shape index (κ3) is 45.5. The monoisotopic (exact) mass is 867 g/mol. The first-order valence-electron chi connectivity index (χ1n) is 24.4. The van der Waals surface area contributed by atoms with Gasteiger partial charge in [0, 0.05) is 12.8 Å². The summed E-state index contributed by atoms with van der Waals surface area (Å²) in [4.78, 5) is 35.5. The first-order valence-corrected chi connectivity index (χ1v) is 25.9. The van der Waals surface area contributed by atoms with Gasteiger partial charge in [0.1, 0.15) is 19.8 Å². The number of quaternary nitrogens is 1. The highest BCUT2D eigenvalue weighted by atomic mass is 31.2. The zero-order valence-electron chi connectivity index (χ0n) is 39.4. The number of unbranched alkanes of at least 4 members (excludes halogenated alkanes) is 22. The minimum atomic E-state index is -4.39. The average Bonchev–Trinajstić information content (AvgIpc) is 3.20. The van der Waals surface area contributed by atoms with Gasteiger partial charge in [-0.25, -0.2) is 4.57 Å². The molecule has 1 unspecified atom stereocenters. The van der Waals surface area contributed by atoms with Crippen LogP contribution in [-0.4, -0.2) is 74.9 Å². The predicted octanol–water partition coefficient (Wildman–Crippen LogP) is 14.2. The molecular weight excluding hydrogens is 774 g/mol. The van der Waals surface area contributed by atoms with E-state index in [2.05, 4.69) is 62.5 Å². The molecule has 0 saturated heterocycles. The normalized spacial score (nSPS) is 13.9. The number of likely N-dealkylation sites (N-methyl/N-ethyl adjacent to an activating group) is 1. The maximum absolute atomic E-state index is 12.7. The van der Waals surface area contributed by atoms with Gasteiger partial charge in [-0.2, -0.15) is 0 Å². The number of allylic oxidation sites excluding steroid dienone is 8. The predicted molar refractivity (Wildman–Crippen MR) is 252 cm³/mol. The molecule has 0 rings (SSSR count). The Balaban J connectivity index is 4.34. The van der Waals surface area contributed by atoms with E-state index < -0.39 is 26.5 Å². The van der Waals surface area contributed by atoms with E-state index in [9.17, 15) is 19.0 Å². The molecule has 0 heterocycles. The number of carbonyl (C=O) groups excluding carboxylic acids is 2. The second-order valence-electron chi connectivity index (χ2n) is 17.5. The molecule has 0 saturated carbocycles. The molecule has 0 aliphatic rings. The smallest absolute Gasteiger partial charge is 0.462 e. The van der Waals surface area contributed by atoms with Gasteiger partial charge in [0.25, 0.3) is 0 Å². The Kier molecular flexibility index (Phi) is 40.8. The highest BCUT2D eigenvalue weighted by Crippen LogP contribution is 2.43. The molecule has 0 spiro atoms. The Labute approximate surface area is 369 Å². The number of phosphoric acid groups is 1. The van der Waals surface area contributed by atoms with Crippen molar-refractivity contribution in [3.63, 3.8) is 0 Å². The molecule has 2 atom stereocenters. The lowest BCUT2D eigenvalue weighted by Crippen LogP contribution is -2.37. The summed E-state index contributed by atoms with van der Waals surface area (Å²) in [6.45, 7) is 4.37. The van der Waals surface area contributed by atoms with Gasteiger partial charge < -0.3 is 18.9 Å². The minimum absolute atomic E-state index is 0.0253. The molecule has 0 bridgehead atoms. The fourth-order valence-electron chi connectivity index (χ4n) is 6.49. The molecule has 1 N–H and O–H groups in total. The van der Waals surface area contributed by atoms with Gasteiger partial charge in [-0.15, -0.1) is 0 Å². The Hall–Kier alpha value is -2.03. The van der Waals surface area contributed by atoms with Crippen LogP contribution in [0.15, 0.2) is 48.6 Å². The number of carbonyl (C=O) groups is 2. The molecular formula is C50H93NO8P+. The van der Waals surface area contributed by atoms with E-state index in [-0.39, 0.29) is 32.0 Å². The van der Waals surface area contributed by atoms with Crippen LogP contribution in [0.25, 0.3) is 0 Å². The summed E-state index contributed by atoms with van der Waals surface area (Å²) in [7, 11) is 1.46. The first kappa shape index (κ1) is 58.0. The van der Waals surface area contributed by atoms with E-state index in [1.54, 1.807) is 0 Å². The zero-order valence-corrected chi connectivity index (χ0v) is 40.3. The van der Waals surface area contributed by atoms with Crippen molar-refractivity contribution in [3.8, 4) is 0 Å². The molecule has 60 heavy (non-hydrogen) atoms. The van der Waals surface area contributed by atoms with Crippen molar-refractivity contribution in [2.75, 3.05) is 47.5 Å². The second kappa shape index (κ2) is 42.3. The number of hydrogen-bond acceptors (Lipinski definition) is 7. The van der Waals surface area contributed by atoms with Crippen LogP contribution in [0.5, 0.6) is 0 Å². The van der Waals surface area contributed by atoms with Crippen LogP contribution in [0.3, 0.4) is 0 Å². The molecule has 9 nitrogen and oxygen atoms in total. The molecule has 0 aromatic rings. The van der Waals surface area contributed by atoms with Crippen molar-refractivity contribution in [2.45, 2.75) is 213 Å². The first-order chi connectivity index (χ1) is 29.0. The van der Waals surface area contributed by atoms with Crippen molar-refractivity contribution >= 4 is 19.8 Å². The van der Waals surface area contributed by atoms with Crippen LogP contribution in [0, 0.1) is 0 Å². The molecule has 0 aromatic heterocycles. The zero-order chi connectivity index (χ0) is 44.3. The van der Waals surface area contributed by atoms with Crippen molar-refractivity contribution in [1.82, 2.24) is 0 Å². The molecule has 0 radical (unpaired) electrons. The summed E-state index contributed by atoms with van der Waals surface area (Å²) >= 11 is 0. The standard InChI is InChI=1S/C50H92NO8P/c1-6-8-10-12-14-16-18-20-22-24-25-27-28-30-32-34-36-38-40-42-49(52)56-46-48(47-58-60(54,55)57-45-44-51(3,4)5)59-50(53)43-41-39-37-35-33-31-29-26-23-21-19-17-15-13-11-9-7-2/h15,17,21,23-25,29,31,48H,6-14,16,18-20,22,26-28,30,32-47H2,1-5H3/p+1/b17-15-,23-21-,25-24-,31-29-/t48-/m1/s1. The van der Waals surface area contributed by atoms with Gasteiger partial charge in [-0.1, -0.05) is 165 Å². The van der Waals surface area contributed by atoms with Gasteiger partial charge in [-0.3, -0.25) is 18.6 Å². The lowest BCUT2D eigenvalue weighted by atomic mass is 10.1. The Morgan fingerprint density at radius 1 is 0.517 bits per heavy atom. The summed E-state index contributed by atoms with van der Waals surface area (Å²) in [6, 6.07) is 0. The van der Waals surface area contributed by atoms with Gasteiger partial charge in [-0.05, 0) is 77.0 Å². The molecule has 0 aromatic carbocycles. The summed E-state index contributed by atoms with van der Waals surface area (Å²) in [6.07, 6.45) is 50.1. The Bertz CT molecular complexity index is 1160. The summed E-state index contributed by atoms with van der Waals surface area (Å²) in [5, 5.41) is 0. The largest absolute Gasteiger partial charge is 0.472 e. The third-order valence-electron chi connectivity index (χ3n) is 10.3. The van der Waals surface area contributed by atoms with E-state index in [1.807, 2.05) is 21.1 Å². The summed E-state index contributed by atoms with van der Waals surface area (Å²) in [5.41, 5.74) is 0. The van der Waals surface area contributed by atoms with Crippen LogP contribution < -0.4 is 0 Å². The fourth-order valence-corrected chi connectivity index (χ4v) is 7.23. The number of esters is 2. The van der Waals surface area contributed by atoms with Crippen LogP contribution in [0.2, 0.25) is 0 Å². The van der Waals surface area contributed by atoms with Crippen LogP contribution >= 0.6 is 7.82 Å². The van der Waals surface area contributed by atoms with Gasteiger partial charge >= 0.3 is 19.8 Å². The van der Waals surface area contributed by atoms with Gasteiger partial charge in [0.2, 0.25) is 0 Å². The number of ether oxygens (including phenoxy) is 2. The van der Waals surface area contributed by atoms with E-state index in [0.717, 1.165) is 64.2 Å². The minimum Gasteiger partial charge on any atom is -0.462 e. The van der Waals surface area contributed by atoms with E-state index in [0.29, 0.717) is 17.4 Å². The maximum atomic E-state index is 12.7. The van der Waals surface area contributed by atoms with Gasteiger partial charge in [0.15, 0.2) is 6.10 Å². The van der Waals surface area contributed by atoms with Crippen molar-refractivity contribution in [3.05, 3.63) is 48.6 Å². The quantitative estimate of drug-likeness (QED) is 0.0212. The molecule has 10 heteroatoms. The summed E-state index contributed by atoms with van der Waals surface area (Å²) < 4.78 is 34.4. The lowest BCUT2D eigenvalue weighted by Gasteiger charge is -2.24. The lowest BCUT2D eigenvalue weighted by molar-refractivity contribution is -0.870. The van der Waals surface area contributed by atoms with Crippen molar-refractivity contribution in [1.29, 1.82) is 0 Å². The molecule has 0 amide bonds. The van der Waals surface area contributed by atoms with Crippen molar-refractivity contribution < 1.29 is 42.1 Å². The highest BCUT2D eigenvalue weighted by Gasteiger charge is 2.27. The average molecular weight is 867 g/mol. The Morgan fingerprint density at radius 3 is 1.38 bits per heavy atom. The Morgan fingerprint density at radius 2 is 0.900 bits per heavy atom. The topological polar surface area (TPSA) is 108 Å². The molecule has 350 valence electrons. The highest BCUT2D eigenvalue weighted by molar-refractivity contribution is 7.47. The molecule has 0 aliphatic carbocycles. The van der Waals surface area contributed by atoms with Crippen LogP contribution in [0.1, 0.15) is 206 Å². The van der Waals surface area contributed by atoms with Gasteiger partial charge in [0.05, 0.1) is 27.7 Å². The van der Waals surface area contributed by atoms with E-state index in [4.69, 9.17) is 18.5 Å². The maximum Gasteiger partial charge on any atom is 0.472 e. The third-order valence-corrected chi connectivity index (χ3v) is 11.3. The number of nitrogens with zero attached hydrogens (tertiary/aromatic N) is 1. The van der Waals surface area contributed by atoms with E-state index in [1.165, 1.54) is 109 Å². The van der Waals surface area contributed by atoms with Crippen molar-refractivity contribution in [2.24, 2.45) is 0 Å². The summed E-state index contributed by atoms with van der Waals surface area (Å²) in [5.74, 6) is -0.827. The number of phosphoric ester groups is 1. The molecule has 0 fully saturated rings. The van der Waals surface area contributed by atoms with E-state index >= 15 is 0 Å². The SMILES string of the molecule is CCCCC/C=C\C/C=C\C/C=C\CCCCCCC(=O)O[C@H](COC(=O)CCCCCCCCC/C=C\CCCCCCCCCC)COP(=O)(O)OCC[N+](C)(C)C. The van der Waals surface area contributed by atoms with Crippen LogP contribution in [0.4, 0.5) is 0 Å². The second-order valence-corrected chi connectivity index (χ2v) is 18.9. The molecule has 0 aliphatic heterocycles. The number of rotatable bonds is 44. The number of hydrogen-bond donors (Lipinski definition) is 1. The fraction of sp³-hybridized carbons (Fsp3) is 0.800.